The second-order valence-electron chi connectivity index (χ2n) is 4.19. The SMILES string of the molecule is COCCNCC(=O)N1CCC[C@@H](C(=O)O)C1. The van der Waals surface area contributed by atoms with Gasteiger partial charge >= 0.3 is 5.97 Å². The van der Waals surface area contributed by atoms with E-state index in [-0.39, 0.29) is 12.5 Å². The molecule has 0 aromatic heterocycles. The summed E-state index contributed by atoms with van der Waals surface area (Å²) in [5.41, 5.74) is 0. The Balaban J connectivity index is 2.28. The molecule has 0 spiro atoms. The molecule has 1 saturated heterocycles. The molecule has 1 fully saturated rings. The van der Waals surface area contributed by atoms with Crippen LogP contribution in [0.4, 0.5) is 0 Å². The lowest BCUT2D eigenvalue weighted by Crippen LogP contribution is -2.46. The molecule has 0 aromatic carbocycles. The lowest BCUT2D eigenvalue weighted by Gasteiger charge is -2.30. The van der Waals surface area contributed by atoms with Gasteiger partial charge in [0.1, 0.15) is 0 Å². The Kier molecular flexibility index (Phi) is 5.93. The minimum atomic E-state index is -0.810. The second kappa shape index (κ2) is 7.24. The summed E-state index contributed by atoms with van der Waals surface area (Å²) in [6.45, 7) is 2.42. The standard InChI is InChI=1S/C11H20N2O4/c1-17-6-4-12-7-10(14)13-5-2-3-9(8-13)11(15)16/h9,12H,2-8H2,1H3,(H,15,16)/t9-/m1/s1. The van der Waals surface area contributed by atoms with Gasteiger partial charge in [0.25, 0.3) is 0 Å². The number of nitrogens with one attached hydrogen (secondary N) is 1. The predicted molar refractivity (Wildman–Crippen MR) is 61.7 cm³/mol. The number of rotatable bonds is 6. The van der Waals surface area contributed by atoms with Crippen molar-refractivity contribution in [2.75, 3.05) is 39.9 Å². The zero-order valence-corrected chi connectivity index (χ0v) is 10.1. The van der Waals surface area contributed by atoms with E-state index in [2.05, 4.69) is 5.32 Å². The average Bonchev–Trinajstić information content (AvgIpc) is 2.34. The summed E-state index contributed by atoms with van der Waals surface area (Å²) in [7, 11) is 1.60. The number of likely N-dealkylation sites (tertiary alicyclic amines) is 1. The van der Waals surface area contributed by atoms with Crippen LogP contribution in [0.3, 0.4) is 0 Å². The molecule has 0 saturated carbocycles. The molecule has 0 aliphatic carbocycles. The third-order valence-electron chi connectivity index (χ3n) is 2.88. The van der Waals surface area contributed by atoms with E-state index in [1.807, 2.05) is 0 Å². The average molecular weight is 244 g/mol. The molecule has 17 heavy (non-hydrogen) atoms. The van der Waals surface area contributed by atoms with Crippen molar-refractivity contribution in [1.82, 2.24) is 10.2 Å². The lowest BCUT2D eigenvalue weighted by atomic mass is 9.98. The fourth-order valence-corrected chi connectivity index (χ4v) is 1.89. The molecule has 2 N–H and O–H groups in total. The molecule has 98 valence electrons. The van der Waals surface area contributed by atoms with Gasteiger partial charge < -0.3 is 20.1 Å². The molecule has 1 rings (SSSR count). The summed E-state index contributed by atoms with van der Waals surface area (Å²) in [4.78, 5) is 24.2. The van der Waals surface area contributed by atoms with Gasteiger partial charge in [-0.3, -0.25) is 9.59 Å². The van der Waals surface area contributed by atoms with Crippen molar-refractivity contribution >= 4 is 11.9 Å². The highest BCUT2D eigenvalue weighted by Gasteiger charge is 2.27. The highest BCUT2D eigenvalue weighted by atomic mass is 16.5. The normalized spacial score (nSPS) is 20.3. The van der Waals surface area contributed by atoms with Crippen molar-refractivity contribution in [3.8, 4) is 0 Å². The van der Waals surface area contributed by atoms with Gasteiger partial charge in [-0.05, 0) is 12.8 Å². The van der Waals surface area contributed by atoms with E-state index >= 15 is 0 Å². The number of piperidine rings is 1. The molecule has 6 nitrogen and oxygen atoms in total. The third kappa shape index (κ3) is 4.70. The number of nitrogens with zero attached hydrogens (tertiary/aromatic N) is 1. The number of carbonyl (C=O) groups is 2. The number of carboxylic acid groups (broad SMARTS) is 1. The van der Waals surface area contributed by atoms with E-state index < -0.39 is 11.9 Å². The fraction of sp³-hybridized carbons (Fsp3) is 0.818. The summed E-state index contributed by atoms with van der Waals surface area (Å²) >= 11 is 0. The topological polar surface area (TPSA) is 78.9 Å². The molecular weight excluding hydrogens is 224 g/mol. The molecule has 0 unspecified atom stereocenters. The first-order chi connectivity index (χ1) is 8.15. The van der Waals surface area contributed by atoms with Gasteiger partial charge in [-0.25, -0.2) is 0 Å². The zero-order chi connectivity index (χ0) is 12.7. The minimum Gasteiger partial charge on any atom is -0.481 e. The Morgan fingerprint density at radius 3 is 2.94 bits per heavy atom. The number of aliphatic carboxylic acids is 1. The second-order valence-corrected chi connectivity index (χ2v) is 4.19. The van der Waals surface area contributed by atoms with Gasteiger partial charge in [0.2, 0.25) is 5.91 Å². The summed E-state index contributed by atoms with van der Waals surface area (Å²) in [6, 6.07) is 0. The maximum Gasteiger partial charge on any atom is 0.308 e. The number of amides is 1. The number of methoxy groups -OCH3 is 1. The van der Waals surface area contributed by atoms with Crippen molar-refractivity contribution in [3.05, 3.63) is 0 Å². The molecule has 1 atom stereocenters. The number of carbonyl (C=O) groups excluding carboxylic acids is 1. The van der Waals surface area contributed by atoms with Crippen LogP contribution in [0.15, 0.2) is 0 Å². The minimum absolute atomic E-state index is 0.0351. The van der Waals surface area contributed by atoms with E-state index in [0.29, 0.717) is 32.7 Å². The highest BCUT2D eigenvalue weighted by molar-refractivity contribution is 5.79. The van der Waals surface area contributed by atoms with E-state index in [1.165, 1.54) is 0 Å². The van der Waals surface area contributed by atoms with E-state index in [9.17, 15) is 9.59 Å². The van der Waals surface area contributed by atoms with Crippen LogP contribution in [0.25, 0.3) is 0 Å². The van der Waals surface area contributed by atoms with Gasteiger partial charge in [-0.1, -0.05) is 0 Å². The quantitative estimate of drug-likeness (QED) is 0.618. The number of ether oxygens (including phenoxy) is 1. The largest absolute Gasteiger partial charge is 0.481 e. The third-order valence-corrected chi connectivity index (χ3v) is 2.88. The van der Waals surface area contributed by atoms with Gasteiger partial charge in [0.15, 0.2) is 0 Å². The molecule has 1 aliphatic rings. The number of hydrogen-bond donors (Lipinski definition) is 2. The maximum absolute atomic E-state index is 11.8. The van der Waals surface area contributed by atoms with Crippen LogP contribution in [0.5, 0.6) is 0 Å². The zero-order valence-electron chi connectivity index (χ0n) is 10.1. The Labute approximate surface area is 101 Å². The van der Waals surface area contributed by atoms with Gasteiger partial charge in [0, 0.05) is 26.7 Å². The Morgan fingerprint density at radius 1 is 1.53 bits per heavy atom. The van der Waals surface area contributed by atoms with Crippen molar-refractivity contribution in [3.63, 3.8) is 0 Å². The van der Waals surface area contributed by atoms with Gasteiger partial charge in [-0.15, -0.1) is 0 Å². The molecule has 0 bridgehead atoms. The first-order valence-electron chi connectivity index (χ1n) is 5.85. The van der Waals surface area contributed by atoms with Crippen LogP contribution < -0.4 is 5.32 Å². The van der Waals surface area contributed by atoms with E-state index in [4.69, 9.17) is 9.84 Å². The molecule has 1 amide bonds. The van der Waals surface area contributed by atoms with Crippen molar-refractivity contribution in [2.45, 2.75) is 12.8 Å². The Morgan fingerprint density at radius 2 is 2.29 bits per heavy atom. The molecule has 1 heterocycles. The number of carboxylic acids is 1. The van der Waals surface area contributed by atoms with Crippen LogP contribution in [0.1, 0.15) is 12.8 Å². The number of hydrogen-bond acceptors (Lipinski definition) is 4. The molecule has 0 aromatic rings. The Bertz CT molecular complexity index is 270. The molecular formula is C11H20N2O4. The molecule has 0 radical (unpaired) electrons. The van der Waals surface area contributed by atoms with Gasteiger partial charge in [-0.2, -0.15) is 0 Å². The van der Waals surface area contributed by atoms with Crippen LogP contribution in [-0.2, 0) is 14.3 Å². The molecule has 1 aliphatic heterocycles. The van der Waals surface area contributed by atoms with Crippen LogP contribution in [-0.4, -0.2) is 61.8 Å². The summed E-state index contributed by atoms with van der Waals surface area (Å²) in [5.74, 6) is -1.26. The molecule has 6 heteroatoms. The first-order valence-corrected chi connectivity index (χ1v) is 5.85. The lowest BCUT2D eigenvalue weighted by molar-refractivity contribution is -0.145. The first kappa shape index (κ1) is 13.9. The predicted octanol–water partition coefficient (Wildman–Crippen LogP) is -0.454. The maximum atomic E-state index is 11.8. The van der Waals surface area contributed by atoms with Crippen LogP contribution in [0.2, 0.25) is 0 Å². The van der Waals surface area contributed by atoms with Gasteiger partial charge in [0.05, 0.1) is 19.1 Å². The summed E-state index contributed by atoms with van der Waals surface area (Å²) in [6.07, 6.45) is 1.43. The summed E-state index contributed by atoms with van der Waals surface area (Å²) < 4.78 is 4.85. The summed E-state index contributed by atoms with van der Waals surface area (Å²) in [5, 5.41) is 11.9. The van der Waals surface area contributed by atoms with Crippen LogP contribution in [0, 0.1) is 5.92 Å². The van der Waals surface area contributed by atoms with Crippen molar-refractivity contribution in [1.29, 1.82) is 0 Å². The smallest absolute Gasteiger partial charge is 0.308 e. The van der Waals surface area contributed by atoms with Crippen molar-refractivity contribution in [2.24, 2.45) is 5.92 Å². The fourth-order valence-electron chi connectivity index (χ4n) is 1.89. The highest BCUT2D eigenvalue weighted by Crippen LogP contribution is 2.16. The Hall–Kier alpha value is -1.14. The monoisotopic (exact) mass is 244 g/mol. The van der Waals surface area contributed by atoms with E-state index in [1.54, 1.807) is 12.0 Å². The van der Waals surface area contributed by atoms with Crippen LogP contribution >= 0.6 is 0 Å². The van der Waals surface area contributed by atoms with Crippen molar-refractivity contribution < 1.29 is 19.4 Å². The van der Waals surface area contributed by atoms with E-state index in [0.717, 1.165) is 6.42 Å².